The summed E-state index contributed by atoms with van der Waals surface area (Å²) in [6.07, 6.45) is -5.77. The van der Waals surface area contributed by atoms with E-state index in [-0.39, 0.29) is 5.69 Å². The topological polar surface area (TPSA) is 79.9 Å². The van der Waals surface area contributed by atoms with Crippen LogP contribution in [0, 0.1) is 6.92 Å². The van der Waals surface area contributed by atoms with Crippen molar-refractivity contribution < 1.29 is 22.7 Å². The van der Waals surface area contributed by atoms with Gasteiger partial charge < -0.3 is 4.74 Å². The van der Waals surface area contributed by atoms with Crippen molar-refractivity contribution in [1.82, 2.24) is 15.2 Å². The Labute approximate surface area is 117 Å². The number of anilines is 1. The molecule has 1 aromatic carbocycles. The average molecular weight is 300 g/mol. The fourth-order valence-corrected chi connectivity index (χ4v) is 1.54. The first-order valence-corrected chi connectivity index (χ1v) is 5.84. The molecule has 1 aromatic heterocycles. The first-order chi connectivity index (χ1) is 9.85. The number of carbonyl (C=O) groups is 1. The lowest BCUT2D eigenvalue weighted by Gasteiger charge is -2.10. The fraction of sp³-hybridized carbons (Fsp3) is 0.250. The van der Waals surface area contributed by atoms with Gasteiger partial charge in [0.15, 0.2) is 12.4 Å². The molecule has 0 aliphatic carbocycles. The summed E-state index contributed by atoms with van der Waals surface area (Å²) in [5.74, 6) is 0.888. The number of aryl methyl sites for hydroxylation is 1. The molecule has 2 rings (SSSR count). The Morgan fingerprint density at radius 3 is 2.71 bits per heavy atom. The van der Waals surface area contributed by atoms with Gasteiger partial charge in [-0.25, -0.2) is 9.78 Å². The Morgan fingerprint density at radius 2 is 2.10 bits per heavy atom. The minimum atomic E-state index is -4.57. The lowest BCUT2D eigenvalue weighted by Crippen LogP contribution is -2.23. The number of benzene rings is 1. The predicted molar refractivity (Wildman–Crippen MR) is 67.6 cm³/mol. The van der Waals surface area contributed by atoms with E-state index in [1.807, 2.05) is 0 Å². The van der Waals surface area contributed by atoms with E-state index in [0.29, 0.717) is 17.2 Å². The molecular formula is C12H11F3N4O2. The van der Waals surface area contributed by atoms with Crippen molar-refractivity contribution in [1.29, 1.82) is 0 Å². The molecule has 0 spiro atoms. The summed E-state index contributed by atoms with van der Waals surface area (Å²) >= 11 is 0. The van der Waals surface area contributed by atoms with Crippen molar-refractivity contribution in [2.45, 2.75) is 13.1 Å². The van der Waals surface area contributed by atoms with Crippen molar-refractivity contribution in [3.8, 4) is 11.4 Å². The van der Waals surface area contributed by atoms with E-state index < -0.39 is 18.9 Å². The van der Waals surface area contributed by atoms with Gasteiger partial charge in [-0.3, -0.25) is 10.4 Å². The summed E-state index contributed by atoms with van der Waals surface area (Å²) in [4.78, 5) is 15.5. The zero-order chi connectivity index (χ0) is 15.5. The smallest absolute Gasteiger partial charge is 0.422 e. The average Bonchev–Trinajstić information content (AvgIpc) is 2.83. The summed E-state index contributed by atoms with van der Waals surface area (Å²) in [6.45, 7) is 0.0465. The van der Waals surface area contributed by atoms with Crippen LogP contribution in [0.4, 0.5) is 23.7 Å². The second-order valence-electron chi connectivity index (χ2n) is 4.11. The van der Waals surface area contributed by atoms with Gasteiger partial charge >= 0.3 is 12.3 Å². The highest BCUT2D eigenvalue weighted by Gasteiger charge is 2.29. The maximum absolute atomic E-state index is 12.0. The van der Waals surface area contributed by atoms with Crippen molar-refractivity contribution in [2.75, 3.05) is 11.9 Å². The maximum atomic E-state index is 12.0. The number of rotatable bonds is 3. The van der Waals surface area contributed by atoms with Crippen LogP contribution in [0.3, 0.4) is 0 Å². The van der Waals surface area contributed by atoms with Gasteiger partial charge in [0.1, 0.15) is 5.82 Å². The molecule has 0 fully saturated rings. The highest BCUT2D eigenvalue weighted by Crippen LogP contribution is 2.25. The third kappa shape index (κ3) is 4.20. The van der Waals surface area contributed by atoms with E-state index >= 15 is 0 Å². The molecule has 0 saturated heterocycles. The number of aromatic amines is 1. The molecule has 0 aliphatic rings. The number of amides is 1. The first kappa shape index (κ1) is 14.8. The van der Waals surface area contributed by atoms with E-state index in [4.69, 9.17) is 0 Å². The molecule has 1 heterocycles. The van der Waals surface area contributed by atoms with Gasteiger partial charge in [-0.1, -0.05) is 12.1 Å². The number of aromatic nitrogens is 3. The number of para-hydroxylation sites is 1. The molecule has 21 heavy (non-hydrogen) atoms. The van der Waals surface area contributed by atoms with Gasteiger partial charge in [0.25, 0.3) is 0 Å². The van der Waals surface area contributed by atoms with E-state index in [9.17, 15) is 18.0 Å². The number of carbonyl (C=O) groups excluding carboxylic acids is 1. The molecule has 0 unspecified atom stereocenters. The van der Waals surface area contributed by atoms with Crippen molar-refractivity contribution in [3.05, 3.63) is 30.1 Å². The number of hydrogen-bond donors (Lipinski definition) is 2. The van der Waals surface area contributed by atoms with Gasteiger partial charge in [0, 0.05) is 5.56 Å². The zero-order valence-corrected chi connectivity index (χ0v) is 10.9. The summed E-state index contributed by atoms with van der Waals surface area (Å²) in [5, 5.41) is 8.81. The molecular weight excluding hydrogens is 289 g/mol. The van der Waals surface area contributed by atoms with Gasteiger partial charge in [0.05, 0.1) is 5.69 Å². The lowest BCUT2D eigenvalue weighted by atomic mass is 10.1. The molecule has 0 saturated carbocycles. The van der Waals surface area contributed by atoms with Crippen molar-refractivity contribution >= 4 is 11.8 Å². The summed E-state index contributed by atoms with van der Waals surface area (Å²) in [7, 11) is 0. The molecule has 0 atom stereocenters. The highest BCUT2D eigenvalue weighted by molar-refractivity contribution is 5.90. The molecule has 0 radical (unpaired) electrons. The number of halogens is 3. The van der Waals surface area contributed by atoms with Crippen LogP contribution in [0.5, 0.6) is 0 Å². The van der Waals surface area contributed by atoms with E-state index in [0.717, 1.165) is 0 Å². The second-order valence-corrected chi connectivity index (χ2v) is 4.11. The number of nitrogens with zero attached hydrogens (tertiary/aromatic N) is 2. The van der Waals surface area contributed by atoms with Crippen LogP contribution in [0.15, 0.2) is 24.3 Å². The van der Waals surface area contributed by atoms with Crippen molar-refractivity contribution in [2.24, 2.45) is 0 Å². The molecule has 0 aliphatic heterocycles. The summed E-state index contributed by atoms with van der Waals surface area (Å²) in [6, 6.07) is 6.44. The van der Waals surface area contributed by atoms with Crippen molar-refractivity contribution in [3.63, 3.8) is 0 Å². The fourth-order valence-electron chi connectivity index (χ4n) is 1.54. The van der Waals surface area contributed by atoms with Gasteiger partial charge in [0.2, 0.25) is 0 Å². The number of H-pyrrole nitrogens is 1. The number of alkyl halides is 3. The summed E-state index contributed by atoms with van der Waals surface area (Å²) in [5.41, 5.74) is 0.717. The molecule has 0 bridgehead atoms. The number of ether oxygens (including phenoxy) is 1. The SMILES string of the molecule is Cc1nc(-c2ccccc2NC(=O)OCC(F)(F)F)n[nH]1. The largest absolute Gasteiger partial charge is 0.440 e. The van der Waals surface area contributed by atoms with Crippen LogP contribution in [0.1, 0.15) is 5.82 Å². The lowest BCUT2D eigenvalue weighted by molar-refractivity contribution is -0.159. The maximum Gasteiger partial charge on any atom is 0.422 e. The number of hydrogen-bond acceptors (Lipinski definition) is 4. The molecule has 6 nitrogen and oxygen atoms in total. The van der Waals surface area contributed by atoms with Crippen LogP contribution < -0.4 is 5.32 Å². The van der Waals surface area contributed by atoms with Crippen LogP contribution in [0.25, 0.3) is 11.4 Å². The molecule has 1 amide bonds. The Kier molecular flexibility index (Phi) is 4.10. The standard InChI is InChI=1S/C12H11F3N4O2/c1-7-16-10(19-18-7)8-4-2-3-5-9(8)17-11(20)21-6-12(13,14)15/h2-5H,6H2,1H3,(H,17,20)(H,16,18,19). The Balaban J connectivity index is 2.12. The van der Waals surface area contributed by atoms with Gasteiger partial charge in [-0.15, -0.1) is 0 Å². The Bertz CT molecular complexity index is 639. The van der Waals surface area contributed by atoms with Gasteiger partial charge in [-0.05, 0) is 19.1 Å². The second kappa shape index (κ2) is 5.81. The van der Waals surface area contributed by atoms with E-state index in [1.165, 1.54) is 6.07 Å². The normalized spacial score (nSPS) is 11.2. The first-order valence-electron chi connectivity index (χ1n) is 5.84. The minimum Gasteiger partial charge on any atom is -0.440 e. The third-order valence-corrected chi connectivity index (χ3v) is 2.37. The minimum absolute atomic E-state index is 0.253. The predicted octanol–water partition coefficient (Wildman–Crippen LogP) is 2.89. The third-order valence-electron chi connectivity index (χ3n) is 2.37. The Morgan fingerprint density at radius 1 is 1.38 bits per heavy atom. The van der Waals surface area contributed by atoms with Gasteiger partial charge in [-0.2, -0.15) is 18.3 Å². The van der Waals surface area contributed by atoms with E-state index in [2.05, 4.69) is 25.2 Å². The van der Waals surface area contributed by atoms with E-state index in [1.54, 1.807) is 25.1 Å². The molecule has 2 N–H and O–H groups in total. The molecule has 112 valence electrons. The Hall–Kier alpha value is -2.58. The van der Waals surface area contributed by atoms with Crippen LogP contribution in [-0.2, 0) is 4.74 Å². The monoisotopic (exact) mass is 300 g/mol. The molecule has 9 heteroatoms. The number of nitrogens with one attached hydrogen (secondary N) is 2. The molecule has 2 aromatic rings. The van der Waals surface area contributed by atoms with Crippen LogP contribution in [0.2, 0.25) is 0 Å². The van der Waals surface area contributed by atoms with Crippen LogP contribution in [-0.4, -0.2) is 34.1 Å². The quantitative estimate of drug-likeness (QED) is 0.913. The summed E-state index contributed by atoms with van der Waals surface area (Å²) < 4.78 is 40.0. The highest BCUT2D eigenvalue weighted by atomic mass is 19.4. The van der Waals surface area contributed by atoms with Crippen LogP contribution >= 0.6 is 0 Å². The zero-order valence-electron chi connectivity index (χ0n) is 10.9.